The first-order valence-corrected chi connectivity index (χ1v) is 6.03. The van der Waals surface area contributed by atoms with E-state index < -0.39 is 4.92 Å². The molecule has 0 fully saturated rings. The van der Waals surface area contributed by atoms with E-state index in [1.54, 1.807) is 25.1 Å². The third kappa shape index (κ3) is 3.10. The van der Waals surface area contributed by atoms with Gasteiger partial charge in [-0.15, -0.1) is 0 Å². The average molecular weight is 292 g/mol. The SMILES string of the molecule is Cc1cc([N+](=O)[O-])cnc1NC(=O)c1cccc(Cl)c1. The molecule has 1 amide bonds. The van der Waals surface area contributed by atoms with Crippen molar-refractivity contribution in [3.63, 3.8) is 0 Å². The van der Waals surface area contributed by atoms with E-state index in [-0.39, 0.29) is 17.4 Å². The Kier molecular flexibility index (Phi) is 3.95. The molecule has 0 unspecified atom stereocenters. The highest BCUT2D eigenvalue weighted by atomic mass is 35.5. The number of nitrogens with one attached hydrogen (secondary N) is 1. The normalized spacial score (nSPS) is 10.1. The molecule has 7 heteroatoms. The van der Waals surface area contributed by atoms with Crippen molar-refractivity contribution in [2.45, 2.75) is 6.92 Å². The Hall–Kier alpha value is -2.47. The second kappa shape index (κ2) is 5.66. The van der Waals surface area contributed by atoms with Gasteiger partial charge in [-0.2, -0.15) is 0 Å². The molecule has 0 bridgehead atoms. The predicted molar refractivity (Wildman–Crippen MR) is 75.0 cm³/mol. The molecule has 0 saturated heterocycles. The number of nitrogens with zero attached hydrogens (tertiary/aromatic N) is 2. The number of nitro groups is 1. The molecule has 1 aromatic heterocycles. The van der Waals surface area contributed by atoms with Crippen molar-refractivity contribution >= 4 is 29.0 Å². The molecule has 0 atom stereocenters. The van der Waals surface area contributed by atoms with Crippen molar-refractivity contribution in [3.8, 4) is 0 Å². The van der Waals surface area contributed by atoms with Crippen molar-refractivity contribution in [2.24, 2.45) is 0 Å². The van der Waals surface area contributed by atoms with Crippen molar-refractivity contribution in [1.82, 2.24) is 4.98 Å². The number of halogens is 1. The van der Waals surface area contributed by atoms with E-state index in [2.05, 4.69) is 10.3 Å². The van der Waals surface area contributed by atoms with Crippen LogP contribution in [0.25, 0.3) is 0 Å². The van der Waals surface area contributed by atoms with Gasteiger partial charge < -0.3 is 5.32 Å². The molecule has 0 aliphatic heterocycles. The predicted octanol–water partition coefficient (Wildman–Crippen LogP) is 3.20. The number of amides is 1. The van der Waals surface area contributed by atoms with E-state index >= 15 is 0 Å². The van der Waals surface area contributed by atoms with Crippen LogP contribution in [-0.2, 0) is 0 Å². The molecule has 20 heavy (non-hydrogen) atoms. The van der Waals surface area contributed by atoms with Crippen molar-refractivity contribution in [1.29, 1.82) is 0 Å². The van der Waals surface area contributed by atoms with Gasteiger partial charge in [-0.25, -0.2) is 4.98 Å². The summed E-state index contributed by atoms with van der Waals surface area (Å²) in [6.07, 6.45) is 1.10. The molecule has 0 aliphatic rings. The zero-order valence-electron chi connectivity index (χ0n) is 10.5. The maximum Gasteiger partial charge on any atom is 0.287 e. The molecule has 1 N–H and O–H groups in total. The fraction of sp³-hybridized carbons (Fsp3) is 0.0769. The van der Waals surface area contributed by atoms with E-state index in [4.69, 9.17) is 11.6 Å². The second-order valence-electron chi connectivity index (χ2n) is 4.08. The van der Waals surface area contributed by atoms with Gasteiger partial charge in [-0.05, 0) is 30.7 Å². The maximum absolute atomic E-state index is 12.0. The molecule has 102 valence electrons. The molecule has 1 heterocycles. The van der Waals surface area contributed by atoms with Crippen LogP contribution in [0.4, 0.5) is 11.5 Å². The highest BCUT2D eigenvalue weighted by molar-refractivity contribution is 6.31. The minimum Gasteiger partial charge on any atom is -0.306 e. The number of benzene rings is 1. The first-order chi connectivity index (χ1) is 9.47. The zero-order valence-corrected chi connectivity index (χ0v) is 11.2. The maximum atomic E-state index is 12.0. The van der Waals surface area contributed by atoms with Gasteiger partial charge in [0.25, 0.3) is 11.6 Å². The minimum atomic E-state index is -0.539. The Balaban J connectivity index is 2.22. The Morgan fingerprint density at radius 3 is 2.75 bits per heavy atom. The van der Waals surface area contributed by atoms with Crippen LogP contribution in [0.2, 0.25) is 5.02 Å². The number of anilines is 1. The van der Waals surface area contributed by atoms with E-state index in [1.807, 2.05) is 0 Å². The Bertz CT molecular complexity index is 688. The number of hydrogen-bond acceptors (Lipinski definition) is 4. The number of aromatic nitrogens is 1. The molecular formula is C13H10ClN3O3. The summed E-state index contributed by atoms with van der Waals surface area (Å²) in [5, 5.41) is 13.6. The lowest BCUT2D eigenvalue weighted by Gasteiger charge is -2.07. The van der Waals surface area contributed by atoms with Crippen LogP contribution in [-0.4, -0.2) is 15.8 Å². The molecule has 0 saturated carbocycles. The molecule has 0 radical (unpaired) electrons. The van der Waals surface area contributed by atoms with Crippen molar-refractivity contribution < 1.29 is 9.72 Å². The third-order valence-electron chi connectivity index (χ3n) is 2.59. The smallest absolute Gasteiger partial charge is 0.287 e. The highest BCUT2D eigenvalue weighted by Crippen LogP contribution is 2.19. The van der Waals surface area contributed by atoms with Gasteiger partial charge in [0.05, 0.1) is 4.92 Å². The third-order valence-corrected chi connectivity index (χ3v) is 2.83. The van der Waals surface area contributed by atoms with E-state index in [0.29, 0.717) is 16.1 Å². The molecule has 0 spiro atoms. The van der Waals surface area contributed by atoms with Crippen LogP contribution in [0.3, 0.4) is 0 Å². The number of carbonyl (C=O) groups excluding carboxylic acids is 1. The largest absolute Gasteiger partial charge is 0.306 e. The summed E-state index contributed by atoms with van der Waals surface area (Å²) in [6.45, 7) is 1.63. The van der Waals surface area contributed by atoms with Gasteiger partial charge in [0.2, 0.25) is 0 Å². The van der Waals surface area contributed by atoms with Gasteiger partial charge in [-0.3, -0.25) is 14.9 Å². The molecule has 2 rings (SSSR count). The second-order valence-corrected chi connectivity index (χ2v) is 4.52. The molecule has 2 aromatic rings. The summed E-state index contributed by atoms with van der Waals surface area (Å²) in [7, 11) is 0. The lowest BCUT2D eigenvalue weighted by atomic mass is 10.2. The van der Waals surface area contributed by atoms with Gasteiger partial charge in [0, 0.05) is 16.7 Å². The lowest BCUT2D eigenvalue weighted by Crippen LogP contribution is -2.14. The summed E-state index contributed by atoms with van der Waals surface area (Å²) in [5.74, 6) is -0.0995. The average Bonchev–Trinajstić information content (AvgIpc) is 2.40. The number of rotatable bonds is 3. The zero-order chi connectivity index (χ0) is 14.7. The summed E-state index contributed by atoms with van der Waals surface area (Å²) in [5.41, 5.74) is 0.773. The minimum absolute atomic E-state index is 0.122. The summed E-state index contributed by atoms with van der Waals surface area (Å²) in [6, 6.07) is 7.81. The number of carbonyl (C=O) groups is 1. The fourth-order valence-corrected chi connectivity index (χ4v) is 1.79. The molecule has 0 aliphatic carbocycles. The lowest BCUT2D eigenvalue weighted by molar-refractivity contribution is -0.385. The first-order valence-electron chi connectivity index (χ1n) is 5.65. The van der Waals surface area contributed by atoms with Crippen LogP contribution < -0.4 is 5.32 Å². The highest BCUT2D eigenvalue weighted by Gasteiger charge is 2.12. The van der Waals surface area contributed by atoms with Crippen LogP contribution in [0.15, 0.2) is 36.5 Å². The Morgan fingerprint density at radius 1 is 1.40 bits per heavy atom. The van der Waals surface area contributed by atoms with E-state index in [1.165, 1.54) is 12.1 Å². The van der Waals surface area contributed by atoms with Crippen LogP contribution in [0, 0.1) is 17.0 Å². The summed E-state index contributed by atoms with van der Waals surface area (Å²) < 4.78 is 0. The summed E-state index contributed by atoms with van der Waals surface area (Å²) in [4.78, 5) is 25.9. The number of hydrogen-bond donors (Lipinski definition) is 1. The fourth-order valence-electron chi connectivity index (χ4n) is 1.60. The van der Waals surface area contributed by atoms with Crippen LogP contribution in [0.1, 0.15) is 15.9 Å². The van der Waals surface area contributed by atoms with Gasteiger partial charge >= 0.3 is 0 Å². The standard InChI is InChI=1S/C13H10ClN3O3/c1-8-5-11(17(19)20)7-15-12(8)16-13(18)9-3-2-4-10(14)6-9/h2-7H,1H3,(H,15,16,18). The Labute approximate surface area is 119 Å². The molecule has 6 nitrogen and oxygen atoms in total. The Morgan fingerprint density at radius 2 is 2.15 bits per heavy atom. The van der Waals surface area contributed by atoms with Crippen LogP contribution in [0.5, 0.6) is 0 Å². The van der Waals surface area contributed by atoms with Gasteiger partial charge in [0.1, 0.15) is 12.0 Å². The topological polar surface area (TPSA) is 85.1 Å². The van der Waals surface area contributed by atoms with Crippen molar-refractivity contribution in [2.75, 3.05) is 5.32 Å². The number of aryl methyl sites for hydroxylation is 1. The summed E-state index contributed by atoms with van der Waals surface area (Å²) >= 11 is 5.81. The monoisotopic (exact) mass is 291 g/mol. The van der Waals surface area contributed by atoms with Gasteiger partial charge in [0.15, 0.2) is 0 Å². The molecule has 1 aromatic carbocycles. The quantitative estimate of drug-likeness (QED) is 0.695. The van der Waals surface area contributed by atoms with E-state index in [0.717, 1.165) is 6.20 Å². The van der Waals surface area contributed by atoms with E-state index in [9.17, 15) is 14.9 Å². The van der Waals surface area contributed by atoms with Crippen LogP contribution >= 0.6 is 11.6 Å². The molecular weight excluding hydrogens is 282 g/mol. The van der Waals surface area contributed by atoms with Crippen molar-refractivity contribution in [3.05, 3.63) is 62.8 Å². The number of pyridine rings is 1. The first kappa shape index (κ1) is 14.0. The van der Waals surface area contributed by atoms with Gasteiger partial charge in [-0.1, -0.05) is 17.7 Å².